The van der Waals surface area contributed by atoms with Gasteiger partial charge in [0.2, 0.25) is 0 Å². The summed E-state index contributed by atoms with van der Waals surface area (Å²) in [6.45, 7) is 8.90. The van der Waals surface area contributed by atoms with Crippen molar-refractivity contribution in [3.05, 3.63) is 88.5 Å². The number of aliphatic imine (C=N–C) groups is 1. The van der Waals surface area contributed by atoms with Crippen molar-refractivity contribution in [1.82, 2.24) is 0 Å². The van der Waals surface area contributed by atoms with E-state index >= 15 is 0 Å². The van der Waals surface area contributed by atoms with E-state index in [9.17, 15) is 0 Å². The van der Waals surface area contributed by atoms with Crippen LogP contribution in [0.3, 0.4) is 0 Å². The molecule has 0 radical (unpaired) electrons. The fourth-order valence-corrected chi connectivity index (χ4v) is 5.10. The van der Waals surface area contributed by atoms with E-state index in [-0.39, 0.29) is 0 Å². The van der Waals surface area contributed by atoms with Gasteiger partial charge in [0.1, 0.15) is 11.2 Å². The van der Waals surface area contributed by atoms with Crippen LogP contribution in [0.5, 0.6) is 0 Å². The number of hydrogen-bond acceptors (Lipinski definition) is 2. The Labute approximate surface area is 182 Å². The molecule has 5 aromatic rings. The van der Waals surface area contributed by atoms with Gasteiger partial charge in [0.15, 0.2) is 0 Å². The molecule has 0 fully saturated rings. The average Bonchev–Trinajstić information content (AvgIpc) is 3.28. The van der Waals surface area contributed by atoms with E-state index in [0.29, 0.717) is 5.92 Å². The molecule has 0 bridgehead atoms. The fourth-order valence-electron chi connectivity index (χ4n) is 5.10. The van der Waals surface area contributed by atoms with Gasteiger partial charge in [-0.3, -0.25) is 0 Å². The van der Waals surface area contributed by atoms with Gasteiger partial charge in [0.25, 0.3) is 0 Å². The summed E-state index contributed by atoms with van der Waals surface area (Å²) in [5.74, 6) is 0.617. The van der Waals surface area contributed by atoms with Crippen molar-refractivity contribution in [1.29, 1.82) is 0 Å². The minimum absolute atomic E-state index is 0.617. The minimum Gasteiger partial charge on any atom is -0.455 e. The van der Waals surface area contributed by atoms with Gasteiger partial charge in [-0.2, -0.15) is 0 Å². The van der Waals surface area contributed by atoms with Crippen molar-refractivity contribution >= 4 is 44.1 Å². The summed E-state index contributed by atoms with van der Waals surface area (Å²) in [6, 6.07) is 21.8. The smallest absolute Gasteiger partial charge is 0.144 e. The number of rotatable bonds is 3. The Bertz CT molecular complexity index is 1550. The highest BCUT2D eigenvalue weighted by Crippen LogP contribution is 2.42. The van der Waals surface area contributed by atoms with Crippen LogP contribution in [-0.4, -0.2) is 5.71 Å². The summed E-state index contributed by atoms with van der Waals surface area (Å²) < 4.78 is 6.37. The highest BCUT2D eigenvalue weighted by atomic mass is 16.3. The maximum Gasteiger partial charge on any atom is 0.144 e. The third-order valence-corrected chi connectivity index (χ3v) is 6.32. The molecule has 0 unspecified atom stereocenters. The van der Waals surface area contributed by atoms with Gasteiger partial charge in [-0.1, -0.05) is 44.2 Å². The SMILES string of the molecule is Cc1cc2c3c(ccc(CC(C)C)c3c1)N=C2c1cc(C)cc2c1oc1ccccc12. The molecule has 0 saturated heterocycles. The lowest BCUT2D eigenvalue weighted by molar-refractivity contribution is 0.650. The highest BCUT2D eigenvalue weighted by Gasteiger charge is 2.25. The van der Waals surface area contributed by atoms with Crippen LogP contribution in [0.15, 0.2) is 70.1 Å². The van der Waals surface area contributed by atoms with Crippen LogP contribution >= 0.6 is 0 Å². The number of furan rings is 1. The first-order valence-electron chi connectivity index (χ1n) is 11.1. The Morgan fingerprint density at radius 1 is 0.806 bits per heavy atom. The molecule has 0 spiro atoms. The fraction of sp³-hybridized carbons (Fsp3) is 0.207. The van der Waals surface area contributed by atoms with Gasteiger partial charge in [0.05, 0.1) is 11.4 Å². The zero-order chi connectivity index (χ0) is 21.3. The molecule has 0 aliphatic carbocycles. The number of benzene rings is 4. The molecule has 1 aromatic heterocycles. The molecular weight excluding hydrogens is 378 g/mol. The number of hydrogen-bond donors (Lipinski definition) is 0. The van der Waals surface area contributed by atoms with Crippen molar-refractivity contribution in [2.75, 3.05) is 0 Å². The lowest BCUT2D eigenvalue weighted by Crippen LogP contribution is -2.03. The molecular formula is C29H25NO. The second-order valence-electron chi connectivity index (χ2n) is 9.32. The second-order valence-corrected chi connectivity index (χ2v) is 9.32. The van der Waals surface area contributed by atoms with Crippen molar-refractivity contribution in [3.8, 4) is 0 Å². The Kier molecular flexibility index (Phi) is 3.89. The summed E-state index contributed by atoms with van der Waals surface area (Å²) in [4.78, 5) is 5.15. The van der Waals surface area contributed by atoms with Gasteiger partial charge in [-0.15, -0.1) is 0 Å². The standard InChI is InChI=1S/C29H25NO/c1-16(2)11-19-9-10-25-27-21(19)12-17(3)14-23(27)28(30-25)24-15-18(4)13-22-20-7-5-6-8-26(20)31-29(22)24/h5-10,12-16H,11H2,1-4H3. The summed E-state index contributed by atoms with van der Waals surface area (Å²) in [7, 11) is 0. The predicted octanol–water partition coefficient (Wildman–Crippen LogP) is 8.04. The van der Waals surface area contributed by atoms with Crippen LogP contribution in [0, 0.1) is 19.8 Å². The molecule has 0 amide bonds. The van der Waals surface area contributed by atoms with Gasteiger partial charge >= 0.3 is 0 Å². The summed E-state index contributed by atoms with van der Waals surface area (Å²) in [5, 5.41) is 4.94. The molecule has 6 rings (SSSR count). The first-order chi connectivity index (χ1) is 15.0. The molecule has 1 aliphatic heterocycles. The predicted molar refractivity (Wildman–Crippen MR) is 131 cm³/mol. The Balaban J connectivity index is 1.65. The normalized spacial score (nSPS) is 13.1. The maximum absolute atomic E-state index is 6.37. The zero-order valence-electron chi connectivity index (χ0n) is 18.4. The topological polar surface area (TPSA) is 25.5 Å². The van der Waals surface area contributed by atoms with Crippen LogP contribution in [0.25, 0.3) is 32.7 Å². The molecule has 0 atom stereocenters. The van der Waals surface area contributed by atoms with Crippen LogP contribution in [-0.2, 0) is 6.42 Å². The van der Waals surface area contributed by atoms with E-state index in [1.807, 2.05) is 12.1 Å². The molecule has 1 aliphatic rings. The Hall–Kier alpha value is -3.39. The Morgan fingerprint density at radius 3 is 2.35 bits per heavy atom. The van der Waals surface area contributed by atoms with Crippen molar-refractivity contribution in [3.63, 3.8) is 0 Å². The molecule has 0 N–H and O–H groups in total. The number of aryl methyl sites for hydroxylation is 2. The second kappa shape index (κ2) is 6.55. The van der Waals surface area contributed by atoms with E-state index in [1.54, 1.807) is 0 Å². The van der Waals surface area contributed by atoms with E-state index in [0.717, 1.165) is 45.3 Å². The Morgan fingerprint density at radius 2 is 1.55 bits per heavy atom. The van der Waals surface area contributed by atoms with Gasteiger partial charge in [0, 0.05) is 27.3 Å². The lowest BCUT2D eigenvalue weighted by Gasteiger charge is -2.12. The first kappa shape index (κ1) is 18.4. The third-order valence-electron chi connectivity index (χ3n) is 6.32. The molecule has 2 nitrogen and oxygen atoms in total. The summed E-state index contributed by atoms with van der Waals surface area (Å²) in [6.07, 6.45) is 1.08. The van der Waals surface area contributed by atoms with Gasteiger partial charge in [-0.05, 0) is 78.6 Å². The van der Waals surface area contributed by atoms with Crippen LogP contribution < -0.4 is 0 Å². The van der Waals surface area contributed by atoms with E-state index < -0.39 is 0 Å². The molecule has 31 heavy (non-hydrogen) atoms. The molecule has 0 saturated carbocycles. The number of fused-ring (bicyclic) bond motifs is 3. The van der Waals surface area contributed by atoms with E-state index in [1.165, 1.54) is 33.0 Å². The maximum atomic E-state index is 6.37. The zero-order valence-corrected chi connectivity index (χ0v) is 18.4. The summed E-state index contributed by atoms with van der Waals surface area (Å²) in [5.41, 5.74) is 10.2. The van der Waals surface area contributed by atoms with Gasteiger partial charge in [-0.25, -0.2) is 4.99 Å². The van der Waals surface area contributed by atoms with Crippen LogP contribution in [0.2, 0.25) is 0 Å². The largest absolute Gasteiger partial charge is 0.455 e. The van der Waals surface area contributed by atoms with Crippen LogP contribution in [0.4, 0.5) is 5.69 Å². The monoisotopic (exact) mass is 403 g/mol. The third kappa shape index (κ3) is 2.75. The first-order valence-corrected chi connectivity index (χ1v) is 11.1. The molecule has 152 valence electrons. The van der Waals surface area contributed by atoms with Crippen LogP contribution in [0.1, 0.15) is 41.7 Å². The number of nitrogens with zero attached hydrogens (tertiary/aromatic N) is 1. The van der Waals surface area contributed by atoms with E-state index in [2.05, 4.69) is 76.2 Å². The minimum atomic E-state index is 0.617. The van der Waals surface area contributed by atoms with E-state index in [4.69, 9.17) is 9.41 Å². The molecule has 2 heteroatoms. The van der Waals surface area contributed by atoms with Crippen molar-refractivity contribution in [2.24, 2.45) is 10.9 Å². The summed E-state index contributed by atoms with van der Waals surface area (Å²) >= 11 is 0. The molecule has 4 aromatic carbocycles. The number of para-hydroxylation sites is 1. The molecule has 2 heterocycles. The van der Waals surface area contributed by atoms with Crippen molar-refractivity contribution in [2.45, 2.75) is 34.1 Å². The highest BCUT2D eigenvalue weighted by molar-refractivity contribution is 6.30. The van der Waals surface area contributed by atoms with Gasteiger partial charge < -0.3 is 4.42 Å². The lowest BCUT2D eigenvalue weighted by atomic mass is 9.90. The van der Waals surface area contributed by atoms with Crippen molar-refractivity contribution < 1.29 is 4.42 Å². The average molecular weight is 404 g/mol. The quantitative estimate of drug-likeness (QED) is 0.293.